The quantitative estimate of drug-likeness (QED) is 0.283. The Morgan fingerprint density at radius 3 is 2.74 bits per heavy atom. The van der Waals surface area contributed by atoms with E-state index in [9.17, 15) is 18.7 Å². The van der Waals surface area contributed by atoms with Crippen LogP contribution in [0.4, 0.5) is 23.8 Å². The Balaban J connectivity index is 1.23. The van der Waals surface area contributed by atoms with Crippen molar-refractivity contribution < 1.29 is 32.5 Å². The fraction of sp³-hybridized carbons (Fsp3) is 0.471. The number of rotatable bonds is 6. The monoisotopic (exact) mass is 648 g/mol. The summed E-state index contributed by atoms with van der Waals surface area (Å²) in [6.45, 7) is 4.42. The molecule has 0 saturated carbocycles. The molecule has 4 saturated heterocycles. The topological polar surface area (TPSA) is 113 Å². The molecule has 1 unspecified atom stereocenters. The van der Waals surface area contributed by atoms with Gasteiger partial charge in [0.2, 0.25) is 0 Å². The standard InChI is InChI=1S/C34H35F3N6O4/c1-2-22-25(36)5-4-19-12-21(44)13-23(26(19)22)28-27(37)29-24(15-38-28)30(42-10-7-33(8-11-42)17-47-32(45)41-33)40-31(39-29)46-18-34-6-3-9-43(34)16-20(35)14-34/h4-5,12-13,15,20,44H,2-3,6-11,14,16-18H2,1H3,(H,41,45)/t20?,34-/m0/s1. The summed E-state index contributed by atoms with van der Waals surface area (Å²) in [5.74, 6) is -0.865. The number of amides is 1. The minimum atomic E-state index is -0.936. The Kier molecular flexibility index (Phi) is 7.08. The lowest BCUT2D eigenvalue weighted by molar-refractivity contribution is 0.107. The molecule has 2 atom stereocenters. The van der Waals surface area contributed by atoms with Crippen molar-refractivity contribution in [3.8, 4) is 23.0 Å². The Hall–Kier alpha value is -4.39. The number of ether oxygens (including phenoxy) is 2. The number of aromatic nitrogens is 3. The molecular formula is C34H35F3N6O4. The van der Waals surface area contributed by atoms with Gasteiger partial charge in [0.15, 0.2) is 5.82 Å². The molecule has 8 rings (SSSR count). The highest BCUT2D eigenvalue weighted by Crippen LogP contribution is 2.42. The summed E-state index contributed by atoms with van der Waals surface area (Å²) in [4.78, 5) is 29.8. The number of nitrogens with zero attached hydrogens (tertiary/aromatic N) is 5. The molecule has 6 heterocycles. The van der Waals surface area contributed by atoms with Gasteiger partial charge in [-0.1, -0.05) is 13.0 Å². The number of anilines is 1. The summed E-state index contributed by atoms with van der Waals surface area (Å²) in [7, 11) is 0. The zero-order valence-corrected chi connectivity index (χ0v) is 26.0. The van der Waals surface area contributed by atoms with Crippen molar-refractivity contribution in [1.29, 1.82) is 0 Å². The summed E-state index contributed by atoms with van der Waals surface area (Å²) in [5.41, 5.74) is -0.413. The molecule has 4 aliphatic heterocycles. The number of nitrogens with one attached hydrogen (secondary N) is 1. The van der Waals surface area contributed by atoms with E-state index in [0.29, 0.717) is 72.9 Å². The summed E-state index contributed by atoms with van der Waals surface area (Å²) in [6.07, 6.45) is 3.75. The van der Waals surface area contributed by atoms with Gasteiger partial charge in [-0.2, -0.15) is 9.97 Å². The number of piperidine rings is 1. The lowest BCUT2D eigenvalue weighted by Crippen LogP contribution is -2.52. The van der Waals surface area contributed by atoms with Crippen LogP contribution in [0.25, 0.3) is 32.9 Å². The van der Waals surface area contributed by atoms with Crippen LogP contribution < -0.4 is 15.0 Å². The number of aryl methyl sites for hydroxylation is 1. The highest BCUT2D eigenvalue weighted by atomic mass is 19.1. The van der Waals surface area contributed by atoms with E-state index in [0.717, 1.165) is 19.4 Å². The number of pyridine rings is 1. The van der Waals surface area contributed by atoms with Crippen LogP contribution >= 0.6 is 0 Å². The summed E-state index contributed by atoms with van der Waals surface area (Å²) >= 11 is 0. The third-order valence-corrected chi connectivity index (χ3v) is 10.5. The van der Waals surface area contributed by atoms with Crippen molar-refractivity contribution in [3.05, 3.63) is 47.7 Å². The zero-order chi connectivity index (χ0) is 32.5. The number of aromatic hydroxyl groups is 1. The Labute approximate surface area is 268 Å². The van der Waals surface area contributed by atoms with Crippen molar-refractivity contribution in [2.75, 3.05) is 44.3 Å². The highest BCUT2D eigenvalue weighted by Gasteiger charge is 2.49. The molecule has 0 bridgehead atoms. The van der Waals surface area contributed by atoms with Gasteiger partial charge in [0.05, 0.1) is 16.5 Å². The fourth-order valence-corrected chi connectivity index (χ4v) is 8.10. The number of halogens is 3. The van der Waals surface area contributed by atoms with E-state index >= 15 is 4.39 Å². The van der Waals surface area contributed by atoms with Crippen LogP contribution in [-0.4, -0.2) is 87.7 Å². The smallest absolute Gasteiger partial charge is 0.407 e. The number of fused-ring (bicyclic) bond motifs is 3. The van der Waals surface area contributed by atoms with Crippen molar-refractivity contribution in [1.82, 2.24) is 25.2 Å². The number of hydrogen-bond acceptors (Lipinski definition) is 9. The second kappa shape index (κ2) is 11.1. The van der Waals surface area contributed by atoms with Crippen molar-refractivity contribution >= 4 is 33.6 Å². The largest absolute Gasteiger partial charge is 0.508 e. The lowest BCUT2D eigenvalue weighted by Gasteiger charge is -2.38. The molecule has 0 radical (unpaired) electrons. The molecule has 0 aliphatic carbocycles. The maximum absolute atomic E-state index is 16.8. The van der Waals surface area contributed by atoms with Gasteiger partial charge in [-0.05, 0) is 73.2 Å². The zero-order valence-electron chi connectivity index (χ0n) is 26.0. The number of hydrogen-bond donors (Lipinski definition) is 2. The summed E-state index contributed by atoms with van der Waals surface area (Å²) in [6, 6.07) is 5.76. The number of carbonyl (C=O) groups excluding carboxylic acids is 1. The summed E-state index contributed by atoms with van der Waals surface area (Å²) in [5, 5.41) is 14.9. The molecule has 4 aromatic rings. The van der Waals surface area contributed by atoms with Gasteiger partial charge in [-0.25, -0.2) is 18.0 Å². The number of alkyl halides is 1. The SMILES string of the molecule is CCc1c(F)ccc2cc(O)cc(-c3ncc4c(N5CCC6(CC5)COC(=O)N6)nc(OC[C@@]56CCCN5CC(F)C6)nc4c3F)c12. The molecule has 1 amide bonds. The minimum absolute atomic E-state index is 0.0331. The van der Waals surface area contributed by atoms with E-state index in [1.165, 1.54) is 24.4 Å². The third kappa shape index (κ3) is 4.97. The first-order valence-corrected chi connectivity index (χ1v) is 16.2. The van der Waals surface area contributed by atoms with Gasteiger partial charge in [-0.15, -0.1) is 0 Å². The Bertz CT molecular complexity index is 1920. The predicted molar refractivity (Wildman–Crippen MR) is 168 cm³/mol. The number of alkyl carbamates (subject to hydrolysis) is 1. The van der Waals surface area contributed by atoms with Crippen LogP contribution in [-0.2, 0) is 11.2 Å². The van der Waals surface area contributed by atoms with E-state index in [-0.39, 0.29) is 41.7 Å². The maximum Gasteiger partial charge on any atom is 0.407 e. The molecule has 246 valence electrons. The van der Waals surface area contributed by atoms with Gasteiger partial charge >= 0.3 is 12.1 Å². The van der Waals surface area contributed by atoms with Crippen LogP contribution in [0.1, 0.15) is 44.6 Å². The molecule has 2 aromatic heterocycles. The molecular weight excluding hydrogens is 613 g/mol. The Morgan fingerprint density at radius 2 is 1.98 bits per heavy atom. The first-order valence-electron chi connectivity index (χ1n) is 16.2. The Morgan fingerprint density at radius 1 is 1.15 bits per heavy atom. The second-order valence-electron chi connectivity index (χ2n) is 13.3. The van der Waals surface area contributed by atoms with Gasteiger partial charge in [0.25, 0.3) is 0 Å². The van der Waals surface area contributed by atoms with Gasteiger partial charge in [0, 0.05) is 37.8 Å². The van der Waals surface area contributed by atoms with E-state index < -0.39 is 35.0 Å². The average molecular weight is 649 g/mol. The van der Waals surface area contributed by atoms with Crippen molar-refractivity contribution in [2.24, 2.45) is 0 Å². The molecule has 2 N–H and O–H groups in total. The van der Waals surface area contributed by atoms with E-state index in [2.05, 4.69) is 20.2 Å². The lowest BCUT2D eigenvalue weighted by atomic mass is 9.89. The maximum atomic E-state index is 16.8. The average Bonchev–Trinajstić information content (AvgIpc) is 3.71. The first kappa shape index (κ1) is 30.0. The van der Waals surface area contributed by atoms with Crippen molar-refractivity contribution in [2.45, 2.75) is 62.7 Å². The number of phenolic OH excluding ortho intramolecular Hbond substituents is 1. The van der Waals surface area contributed by atoms with E-state index in [4.69, 9.17) is 14.5 Å². The third-order valence-electron chi connectivity index (χ3n) is 10.5. The molecule has 2 aromatic carbocycles. The van der Waals surface area contributed by atoms with Crippen LogP contribution in [0.15, 0.2) is 30.5 Å². The van der Waals surface area contributed by atoms with Crippen LogP contribution in [0, 0.1) is 11.6 Å². The minimum Gasteiger partial charge on any atom is -0.508 e. The second-order valence-corrected chi connectivity index (χ2v) is 13.3. The molecule has 4 aliphatic rings. The van der Waals surface area contributed by atoms with Crippen LogP contribution in [0.5, 0.6) is 11.8 Å². The van der Waals surface area contributed by atoms with Crippen molar-refractivity contribution in [3.63, 3.8) is 0 Å². The molecule has 13 heteroatoms. The predicted octanol–water partition coefficient (Wildman–Crippen LogP) is 5.43. The van der Waals surface area contributed by atoms with Gasteiger partial charge in [0.1, 0.15) is 48.0 Å². The van der Waals surface area contributed by atoms with Crippen LogP contribution in [0.3, 0.4) is 0 Å². The molecule has 4 fully saturated rings. The van der Waals surface area contributed by atoms with Gasteiger partial charge < -0.3 is 24.8 Å². The molecule has 1 spiro atoms. The van der Waals surface area contributed by atoms with E-state index in [1.807, 2.05) is 11.8 Å². The first-order chi connectivity index (χ1) is 22.7. The number of benzene rings is 2. The fourth-order valence-electron chi connectivity index (χ4n) is 8.10. The normalized spacial score (nSPS) is 23.9. The van der Waals surface area contributed by atoms with E-state index in [1.54, 1.807) is 6.07 Å². The van der Waals surface area contributed by atoms with Gasteiger partial charge in [-0.3, -0.25) is 9.88 Å². The number of phenols is 1. The summed E-state index contributed by atoms with van der Waals surface area (Å²) < 4.78 is 57.7. The highest BCUT2D eigenvalue weighted by molar-refractivity contribution is 6.01. The number of carbonyl (C=O) groups is 1. The molecule has 10 nitrogen and oxygen atoms in total. The van der Waals surface area contributed by atoms with Crippen LogP contribution in [0.2, 0.25) is 0 Å². The molecule has 47 heavy (non-hydrogen) atoms. The number of cyclic esters (lactones) is 1.